The molecule has 40 heavy (non-hydrogen) atoms. The van der Waals surface area contributed by atoms with Crippen molar-refractivity contribution in [3.05, 3.63) is 52.5 Å². The van der Waals surface area contributed by atoms with Gasteiger partial charge in [-0.1, -0.05) is 11.6 Å². The number of halogens is 1. The number of benzene rings is 2. The number of hydrogen-bond acceptors (Lipinski definition) is 8. The summed E-state index contributed by atoms with van der Waals surface area (Å²) in [5, 5.41) is 6.64. The molecule has 1 saturated heterocycles. The number of hydrogen-bond donors (Lipinski definition) is 0. The molecule has 0 saturated carbocycles. The first-order valence-corrected chi connectivity index (χ1v) is 13.5. The van der Waals surface area contributed by atoms with Gasteiger partial charge in [-0.25, -0.2) is 9.80 Å². The molecule has 11 heteroatoms. The number of nitrogens with zero attached hydrogens (tertiary/aromatic N) is 3. The van der Waals surface area contributed by atoms with E-state index in [9.17, 15) is 14.4 Å². The van der Waals surface area contributed by atoms with E-state index in [1.54, 1.807) is 49.3 Å². The smallest absolute Gasteiger partial charge is 0.344 e. The Balaban J connectivity index is 1.45. The molecular formula is C29H34ClN3O7. The number of amides is 2. The van der Waals surface area contributed by atoms with Crippen LogP contribution in [0.5, 0.6) is 17.2 Å². The van der Waals surface area contributed by atoms with Gasteiger partial charge in [0.1, 0.15) is 5.75 Å². The zero-order valence-corrected chi connectivity index (χ0v) is 24.1. The van der Waals surface area contributed by atoms with Gasteiger partial charge in [0.15, 0.2) is 18.1 Å². The minimum atomic E-state index is -0.829. The predicted molar refractivity (Wildman–Crippen MR) is 149 cm³/mol. The third-order valence-electron chi connectivity index (χ3n) is 7.13. The number of methoxy groups -OCH3 is 2. The molecule has 214 valence electrons. The number of esters is 1. The van der Waals surface area contributed by atoms with Crippen LogP contribution in [0.4, 0.5) is 0 Å². The quantitative estimate of drug-likeness (QED) is 0.416. The fourth-order valence-corrected chi connectivity index (χ4v) is 5.10. The molecule has 0 aromatic heterocycles. The molecule has 2 aromatic rings. The maximum atomic E-state index is 13.5. The van der Waals surface area contributed by atoms with E-state index in [-0.39, 0.29) is 41.7 Å². The number of carbonyl (C=O) groups excluding carboxylic acids is 3. The first-order chi connectivity index (χ1) is 19.1. The number of hydrazone groups is 1. The van der Waals surface area contributed by atoms with Crippen molar-refractivity contribution >= 4 is 35.1 Å². The number of piperidine rings is 1. The Morgan fingerprint density at radius 1 is 1.05 bits per heavy atom. The molecule has 2 aromatic carbocycles. The van der Waals surface area contributed by atoms with Crippen LogP contribution in [0.1, 0.15) is 49.5 Å². The van der Waals surface area contributed by atoms with Crippen molar-refractivity contribution < 1.29 is 33.3 Å². The summed E-state index contributed by atoms with van der Waals surface area (Å²) in [7, 11) is 3.14. The molecule has 0 bridgehead atoms. The van der Waals surface area contributed by atoms with Gasteiger partial charge in [-0.2, -0.15) is 5.10 Å². The lowest BCUT2D eigenvalue weighted by Gasteiger charge is -2.35. The van der Waals surface area contributed by atoms with E-state index < -0.39 is 11.4 Å². The highest BCUT2D eigenvalue weighted by atomic mass is 35.5. The van der Waals surface area contributed by atoms with Crippen molar-refractivity contribution in [3.63, 3.8) is 0 Å². The van der Waals surface area contributed by atoms with Gasteiger partial charge in [-0.05, 0) is 70.0 Å². The number of rotatable bonds is 9. The molecule has 4 rings (SSSR count). The standard InChI is InChI=1S/C29H34ClN3O7/c1-6-39-25(34)17-40-20-8-9-22(30)21(16-20)27(35)32-13-11-19(12-14-32)33-28(36)29(2,3)26(31-33)18-7-10-23(37-4)24(15-18)38-5/h7-10,15-16,19H,6,11-14,17H2,1-5H3. The number of ether oxygens (including phenoxy) is 4. The Morgan fingerprint density at radius 2 is 1.75 bits per heavy atom. The summed E-state index contributed by atoms with van der Waals surface area (Å²) >= 11 is 6.34. The topological polar surface area (TPSA) is 107 Å². The van der Waals surface area contributed by atoms with E-state index in [1.165, 1.54) is 6.07 Å². The molecule has 2 heterocycles. The van der Waals surface area contributed by atoms with E-state index in [0.29, 0.717) is 48.9 Å². The molecule has 0 aliphatic carbocycles. The average molecular weight is 572 g/mol. The fraction of sp³-hybridized carbons (Fsp3) is 0.448. The van der Waals surface area contributed by atoms with Gasteiger partial charge < -0.3 is 23.8 Å². The minimum Gasteiger partial charge on any atom is -0.493 e. The van der Waals surface area contributed by atoms with Crippen LogP contribution in [0.15, 0.2) is 41.5 Å². The number of carbonyl (C=O) groups is 3. The summed E-state index contributed by atoms with van der Waals surface area (Å²) in [5.41, 5.74) is 0.896. The minimum absolute atomic E-state index is 0.0865. The molecule has 10 nitrogen and oxygen atoms in total. The van der Waals surface area contributed by atoms with Crippen molar-refractivity contribution in [2.24, 2.45) is 10.5 Å². The Hall–Kier alpha value is -3.79. The SMILES string of the molecule is CCOC(=O)COc1ccc(Cl)c(C(=O)N2CCC(N3N=C(c4ccc(OC)c(OC)c4)C(C)(C)C3=O)CC2)c1. The fourth-order valence-electron chi connectivity index (χ4n) is 4.90. The Kier molecular flexibility index (Phi) is 8.88. The van der Waals surface area contributed by atoms with Gasteiger partial charge in [-0.3, -0.25) is 9.59 Å². The highest BCUT2D eigenvalue weighted by molar-refractivity contribution is 6.33. The lowest BCUT2D eigenvalue weighted by atomic mass is 9.83. The van der Waals surface area contributed by atoms with Gasteiger partial charge in [0.05, 0.1) is 48.6 Å². The van der Waals surface area contributed by atoms with Crippen molar-refractivity contribution in [3.8, 4) is 17.2 Å². The van der Waals surface area contributed by atoms with Crippen LogP contribution in [0.3, 0.4) is 0 Å². The second-order valence-corrected chi connectivity index (χ2v) is 10.5. The van der Waals surface area contributed by atoms with Crippen molar-refractivity contribution in [1.29, 1.82) is 0 Å². The van der Waals surface area contributed by atoms with Crippen LogP contribution in [0.2, 0.25) is 5.02 Å². The maximum Gasteiger partial charge on any atom is 0.344 e. The van der Waals surface area contributed by atoms with Gasteiger partial charge in [0, 0.05) is 18.7 Å². The van der Waals surface area contributed by atoms with E-state index in [0.717, 1.165) is 5.56 Å². The summed E-state index contributed by atoms with van der Waals surface area (Å²) in [4.78, 5) is 40.1. The predicted octanol–water partition coefficient (Wildman–Crippen LogP) is 4.18. The molecule has 2 aliphatic heterocycles. The Morgan fingerprint density at radius 3 is 2.40 bits per heavy atom. The first kappa shape index (κ1) is 29.2. The normalized spacial score (nSPS) is 16.9. The second-order valence-electron chi connectivity index (χ2n) is 10.1. The molecule has 2 aliphatic rings. The van der Waals surface area contributed by atoms with Crippen LogP contribution in [0.25, 0.3) is 0 Å². The van der Waals surface area contributed by atoms with Gasteiger partial charge >= 0.3 is 5.97 Å². The van der Waals surface area contributed by atoms with Crippen LogP contribution in [-0.4, -0.2) is 80.0 Å². The summed E-state index contributed by atoms with van der Waals surface area (Å²) in [6.45, 7) is 6.29. The molecule has 0 atom stereocenters. The molecule has 0 N–H and O–H groups in total. The van der Waals surface area contributed by atoms with E-state index in [1.807, 2.05) is 26.0 Å². The number of likely N-dealkylation sites (tertiary alicyclic amines) is 1. The van der Waals surface area contributed by atoms with Crippen molar-refractivity contribution in [1.82, 2.24) is 9.91 Å². The van der Waals surface area contributed by atoms with Gasteiger partial charge in [0.25, 0.3) is 11.8 Å². The zero-order valence-electron chi connectivity index (χ0n) is 23.4. The van der Waals surface area contributed by atoms with Crippen LogP contribution in [-0.2, 0) is 14.3 Å². The van der Waals surface area contributed by atoms with Gasteiger partial charge in [-0.15, -0.1) is 0 Å². The van der Waals surface area contributed by atoms with Crippen molar-refractivity contribution in [2.45, 2.75) is 39.7 Å². The third-order valence-corrected chi connectivity index (χ3v) is 7.46. The lowest BCUT2D eigenvalue weighted by molar-refractivity contribution is -0.145. The molecule has 0 radical (unpaired) electrons. The Bertz CT molecular complexity index is 1320. The maximum absolute atomic E-state index is 13.5. The Labute approximate surface area is 238 Å². The molecule has 0 spiro atoms. The van der Waals surface area contributed by atoms with Crippen LogP contribution in [0, 0.1) is 5.41 Å². The lowest BCUT2D eigenvalue weighted by Crippen LogP contribution is -2.47. The van der Waals surface area contributed by atoms with Crippen LogP contribution >= 0.6 is 11.6 Å². The summed E-state index contributed by atoms with van der Waals surface area (Å²) in [6.07, 6.45) is 1.12. The largest absolute Gasteiger partial charge is 0.493 e. The monoisotopic (exact) mass is 571 g/mol. The van der Waals surface area contributed by atoms with Gasteiger partial charge in [0.2, 0.25) is 0 Å². The molecule has 2 amide bonds. The molecule has 0 unspecified atom stereocenters. The van der Waals surface area contributed by atoms with Crippen molar-refractivity contribution in [2.75, 3.05) is 40.5 Å². The summed E-state index contributed by atoms with van der Waals surface area (Å²) < 4.78 is 21.1. The third kappa shape index (κ3) is 5.86. The van der Waals surface area contributed by atoms with E-state index in [4.69, 9.17) is 35.6 Å². The summed E-state index contributed by atoms with van der Waals surface area (Å²) in [5.74, 6) is 0.676. The summed E-state index contributed by atoms with van der Waals surface area (Å²) in [6, 6.07) is 10.0. The zero-order chi connectivity index (χ0) is 29.0. The van der Waals surface area contributed by atoms with Crippen LogP contribution < -0.4 is 14.2 Å². The van der Waals surface area contributed by atoms with E-state index in [2.05, 4.69) is 0 Å². The highest BCUT2D eigenvalue weighted by Gasteiger charge is 2.47. The average Bonchev–Trinajstić information content (AvgIpc) is 3.20. The molecule has 1 fully saturated rings. The van der Waals surface area contributed by atoms with E-state index >= 15 is 0 Å². The first-order valence-electron chi connectivity index (χ1n) is 13.1. The second kappa shape index (κ2) is 12.2. The highest BCUT2D eigenvalue weighted by Crippen LogP contribution is 2.38. The molecular weight excluding hydrogens is 538 g/mol.